The zero-order valence-corrected chi connectivity index (χ0v) is 12.6. The summed E-state index contributed by atoms with van der Waals surface area (Å²) in [5.41, 5.74) is 1.87. The largest absolute Gasteiger partial charge is 0.279 e. The maximum Gasteiger partial charge on any atom is 0.279 e. The summed E-state index contributed by atoms with van der Waals surface area (Å²) in [5, 5.41) is 9.50. The van der Waals surface area contributed by atoms with Crippen LogP contribution >= 0.6 is 22.9 Å². The van der Waals surface area contributed by atoms with Crippen molar-refractivity contribution in [2.24, 2.45) is 0 Å². The molecule has 3 rings (SSSR count). The first-order chi connectivity index (χ1) is 9.56. The van der Waals surface area contributed by atoms with Gasteiger partial charge in [0, 0.05) is 9.90 Å². The molecule has 1 aromatic carbocycles. The van der Waals surface area contributed by atoms with Crippen molar-refractivity contribution in [2.45, 2.75) is 20.4 Å². The van der Waals surface area contributed by atoms with Gasteiger partial charge in [-0.1, -0.05) is 28.9 Å². The second-order valence-electron chi connectivity index (χ2n) is 4.64. The summed E-state index contributed by atoms with van der Waals surface area (Å²) in [7, 11) is 0. The Labute approximate surface area is 124 Å². The molecule has 0 saturated heterocycles. The van der Waals surface area contributed by atoms with Crippen molar-refractivity contribution in [2.75, 3.05) is 0 Å². The average Bonchev–Trinajstić information content (AvgIpc) is 2.72. The van der Waals surface area contributed by atoms with Gasteiger partial charge in [-0.3, -0.25) is 4.79 Å². The standard InChI is InChI=1S/C14H12ClN3OS/c1-8-9(2)20-13-12(8)14(19)18(17-16-13)7-10-3-5-11(15)6-4-10/h3-6H,7H2,1-2H3. The van der Waals surface area contributed by atoms with Crippen LogP contribution in [-0.4, -0.2) is 15.0 Å². The molecule has 0 unspecified atom stereocenters. The van der Waals surface area contributed by atoms with Crippen molar-refractivity contribution >= 4 is 33.2 Å². The van der Waals surface area contributed by atoms with Crippen LogP contribution in [0.3, 0.4) is 0 Å². The van der Waals surface area contributed by atoms with Gasteiger partial charge in [0.05, 0.1) is 11.9 Å². The minimum atomic E-state index is -0.0909. The van der Waals surface area contributed by atoms with E-state index in [1.807, 2.05) is 26.0 Å². The third kappa shape index (κ3) is 2.23. The number of fused-ring (bicyclic) bond motifs is 1. The zero-order chi connectivity index (χ0) is 14.3. The van der Waals surface area contributed by atoms with Crippen molar-refractivity contribution in [1.29, 1.82) is 0 Å². The van der Waals surface area contributed by atoms with Crippen molar-refractivity contribution < 1.29 is 0 Å². The summed E-state index contributed by atoms with van der Waals surface area (Å²) in [4.78, 5) is 14.3. The van der Waals surface area contributed by atoms with Gasteiger partial charge in [0.2, 0.25) is 0 Å². The molecule has 0 fully saturated rings. The molecule has 20 heavy (non-hydrogen) atoms. The van der Waals surface area contributed by atoms with Crippen LogP contribution in [0, 0.1) is 13.8 Å². The Morgan fingerprint density at radius 3 is 2.65 bits per heavy atom. The first-order valence-corrected chi connectivity index (χ1v) is 7.33. The number of hydrogen-bond acceptors (Lipinski definition) is 4. The van der Waals surface area contributed by atoms with E-state index < -0.39 is 0 Å². The summed E-state index contributed by atoms with van der Waals surface area (Å²) >= 11 is 7.36. The van der Waals surface area contributed by atoms with E-state index in [2.05, 4.69) is 10.3 Å². The minimum absolute atomic E-state index is 0.0909. The predicted octanol–water partition coefficient (Wildman–Crippen LogP) is 3.17. The molecule has 0 amide bonds. The molecule has 0 spiro atoms. The van der Waals surface area contributed by atoms with Crippen LogP contribution < -0.4 is 5.56 Å². The molecule has 4 nitrogen and oxygen atoms in total. The third-order valence-corrected chi connectivity index (χ3v) is 4.65. The van der Waals surface area contributed by atoms with Crippen LogP contribution in [0.25, 0.3) is 10.2 Å². The maximum atomic E-state index is 12.5. The Balaban J connectivity index is 2.08. The molecule has 0 radical (unpaired) electrons. The van der Waals surface area contributed by atoms with Gasteiger partial charge >= 0.3 is 0 Å². The van der Waals surface area contributed by atoms with Gasteiger partial charge in [-0.25, -0.2) is 4.68 Å². The van der Waals surface area contributed by atoms with E-state index in [0.717, 1.165) is 16.0 Å². The Hall–Kier alpha value is -1.72. The highest BCUT2D eigenvalue weighted by Gasteiger charge is 2.13. The number of halogens is 1. The molecule has 2 aromatic heterocycles. The smallest absolute Gasteiger partial charge is 0.267 e. The topological polar surface area (TPSA) is 47.8 Å². The Kier molecular flexibility index (Phi) is 3.31. The highest BCUT2D eigenvalue weighted by atomic mass is 35.5. The first-order valence-electron chi connectivity index (χ1n) is 6.14. The van der Waals surface area contributed by atoms with Crippen molar-refractivity contribution in [3.8, 4) is 0 Å². The highest BCUT2D eigenvalue weighted by Crippen LogP contribution is 2.25. The van der Waals surface area contributed by atoms with Crippen molar-refractivity contribution in [3.05, 3.63) is 55.6 Å². The van der Waals surface area contributed by atoms with Crippen LogP contribution in [0.2, 0.25) is 5.02 Å². The fraction of sp³-hybridized carbons (Fsp3) is 0.214. The number of thiophene rings is 1. The summed E-state index contributed by atoms with van der Waals surface area (Å²) in [6.45, 7) is 4.34. The number of aryl methyl sites for hydroxylation is 2. The van der Waals surface area contributed by atoms with Gasteiger partial charge in [-0.05, 0) is 37.1 Å². The number of hydrogen-bond donors (Lipinski definition) is 0. The Morgan fingerprint density at radius 2 is 1.95 bits per heavy atom. The molecule has 0 bridgehead atoms. The summed E-state index contributed by atoms with van der Waals surface area (Å²) in [5.74, 6) is 0. The van der Waals surface area contributed by atoms with E-state index in [0.29, 0.717) is 21.8 Å². The molecule has 0 aliphatic rings. The normalized spacial score (nSPS) is 11.2. The minimum Gasteiger partial charge on any atom is -0.267 e. The monoisotopic (exact) mass is 305 g/mol. The van der Waals surface area contributed by atoms with Gasteiger partial charge in [-0.2, -0.15) is 0 Å². The average molecular weight is 306 g/mol. The number of aromatic nitrogens is 3. The molecule has 2 heterocycles. The van der Waals surface area contributed by atoms with E-state index >= 15 is 0 Å². The molecular weight excluding hydrogens is 294 g/mol. The number of benzene rings is 1. The molecular formula is C14H12ClN3OS. The lowest BCUT2D eigenvalue weighted by Gasteiger charge is -2.04. The van der Waals surface area contributed by atoms with Gasteiger partial charge in [0.1, 0.15) is 0 Å². The van der Waals surface area contributed by atoms with Crippen LogP contribution in [0.15, 0.2) is 29.1 Å². The van der Waals surface area contributed by atoms with Crippen LogP contribution in [-0.2, 0) is 6.54 Å². The SMILES string of the molecule is Cc1sc2nnn(Cc3ccc(Cl)cc3)c(=O)c2c1C. The van der Waals surface area contributed by atoms with Gasteiger partial charge in [0.25, 0.3) is 5.56 Å². The van der Waals surface area contributed by atoms with Crippen molar-refractivity contribution in [1.82, 2.24) is 15.0 Å². The predicted molar refractivity (Wildman–Crippen MR) is 81.7 cm³/mol. The second-order valence-corrected chi connectivity index (χ2v) is 6.28. The summed E-state index contributed by atoms with van der Waals surface area (Å²) in [6.07, 6.45) is 0. The van der Waals surface area contributed by atoms with E-state index in [4.69, 9.17) is 11.6 Å². The second kappa shape index (κ2) is 5.00. The lowest BCUT2D eigenvalue weighted by molar-refractivity contribution is 0.602. The highest BCUT2D eigenvalue weighted by molar-refractivity contribution is 7.18. The molecule has 0 saturated carbocycles. The molecule has 102 valence electrons. The van der Waals surface area contributed by atoms with E-state index in [1.165, 1.54) is 16.0 Å². The molecule has 3 aromatic rings. The zero-order valence-electron chi connectivity index (χ0n) is 11.1. The quantitative estimate of drug-likeness (QED) is 0.730. The Morgan fingerprint density at radius 1 is 1.25 bits per heavy atom. The lowest BCUT2D eigenvalue weighted by Crippen LogP contribution is -2.24. The van der Waals surface area contributed by atoms with E-state index in [1.54, 1.807) is 12.1 Å². The number of nitrogens with zero attached hydrogens (tertiary/aromatic N) is 3. The maximum absolute atomic E-state index is 12.5. The third-order valence-electron chi connectivity index (χ3n) is 3.30. The van der Waals surface area contributed by atoms with Gasteiger partial charge < -0.3 is 0 Å². The van der Waals surface area contributed by atoms with Crippen LogP contribution in [0.1, 0.15) is 16.0 Å². The van der Waals surface area contributed by atoms with E-state index in [9.17, 15) is 4.79 Å². The first kappa shape index (κ1) is 13.3. The number of rotatable bonds is 2. The van der Waals surface area contributed by atoms with Gasteiger partial charge in [-0.15, -0.1) is 16.4 Å². The molecule has 6 heteroatoms. The fourth-order valence-corrected chi connectivity index (χ4v) is 3.15. The fourth-order valence-electron chi connectivity index (χ4n) is 2.06. The van der Waals surface area contributed by atoms with Crippen LogP contribution in [0.5, 0.6) is 0 Å². The molecule has 0 N–H and O–H groups in total. The van der Waals surface area contributed by atoms with E-state index in [-0.39, 0.29) is 5.56 Å². The van der Waals surface area contributed by atoms with Gasteiger partial charge in [0.15, 0.2) is 4.83 Å². The molecule has 0 aliphatic heterocycles. The lowest BCUT2D eigenvalue weighted by atomic mass is 10.2. The molecule has 0 aliphatic carbocycles. The summed E-state index contributed by atoms with van der Waals surface area (Å²) in [6, 6.07) is 7.36. The summed E-state index contributed by atoms with van der Waals surface area (Å²) < 4.78 is 1.39. The Bertz CT molecular complexity index is 836. The van der Waals surface area contributed by atoms with Crippen molar-refractivity contribution in [3.63, 3.8) is 0 Å². The van der Waals surface area contributed by atoms with Crippen LogP contribution in [0.4, 0.5) is 0 Å². The molecule has 0 atom stereocenters.